The lowest BCUT2D eigenvalue weighted by atomic mass is 9.92. The van der Waals surface area contributed by atoms with Gasteiger partial charge in [0.25, 0.3) is 0 Å². The number of rotatable bonds is 4. The maximum absolute atomic E-state index is 12.9. The molecule has 0 aliphatic carbocycles. The van der Waals surface area contributed by atoms with Crippen LogP contribution in [-0.2, 0) is 23.9 Å². The lowest BCUT2D eigenvalue weighted by molar-refractivity contribution is -0.137. The second-order valence-electron chi connectivity index (χ2n) is 6.39. The molecule has 27 heavy (non-hydrogen) atoms. The fourth-order valence-electron chi connectivity index (χ4n) is 3.36. The quantitative estimate of drug-likeness (QED) is 0.804. The first-order chi connectivity index (χ1) is 12.8. The van der Waals surface area contributed by atoms with E-state index in [1.54, 1.807) is 0 Å². The zero-order valence-corrected chi connectivity index (χ0v) is 14.6. The summed E-state index contributed by atoms with van der Waals surface area (Å²) in [6.07, 6.45) is -2.59. The van der Waals surface area contributed by atoms with Crippen LogP contribution in [0, 0.1) is 0 Å². The molecule has 0 spiro atoms. The molecule has 0 saturated carbocycles. The molecule has 0 aromatic heterocycles. The van der Waals surface area contributed by atoms with Gasteiger partial charge in [0.2, 0.25) is 5.91 Å². The Kier molecular flexibility index (Phi) is 5.23. The summed E-state index contributed by atoms with van der Waals surface area (Å²) >= 11 is 0. The highest BCUT2D eigenvalue weighted by atomic mass is 19.4. The van der Waals surface area contributed by atoms with Crippen LogP contribution in [-0.4, -0.2) is 18.5 Å². The van der Waals surface area contributed by atoms with E-state index in [4.69, 9.17) is 5.73 Å². The highest BCUT2D eigenvalue weighted by Crippen LogP contribution is 2.37. The molecule has 0 fully saturated rings. The van der Waals surface area contributed by atoms with Crippen LogP contribution < -0.4 is 16.0 Å². The summed E-state index contributed by atoms with van der Waals surface area (Å²) in [4.78, 5) is 13.7. The number of nitrogens with zero attached hydrogens (tertiary/aromatic N) is 1. The first-order valence-corrected chi connectivity index (χ1v) is 8.52. The van der Waals surface area contributed by atoms with Gasteiger partial charge in [-0.25, -0.2) is 0 Å². The number of carbonyl (C=O) groups is 1. The number of anilines is 2. The van der Waals surface area contributed by atoms with E-state index in [-0.39, 0.29) is 11.9 Å². The van der Waals surface area contributed by atoms with Gasteiger partial charge in [0.05, 0.1) is 11.6 Å². The summed E-state index contributed by atoms with van der Waals surface area (Å²) in [5.41, 5.74) is 8.60. The molecule has 4 nitrogen and oxygen atoms in total. The van der Waals surface area contributed by atoms with Crippen LogP contribution in [0.5, 0.6) is 0 Å². The summed E-state index contributed by atoms with van der Waals surface area (Å²) in [6.45, 7) is 4.24. The van der Waals surface area contributed by atoms with Crippen LogP contribution in [0.4, 0.5) is 24.5 Å². The Morgan fingerprint density at radius 1 is 1.26 bits per heavy atom. The molecular formula is C20H20F3N3O. The number of amides is 1. The number of hydrogen-bond donors (Lipinski definition) is 2. The fourth-order valence-corrected chi connectivity index (χ4v) is 3.36. The number of halogens is 3. The van der Waals surface area contributed by atoms with Crippen molar-refractivity contribution < 1.29 is 18.0 Å². The molecule has 3 N–H and O–H groups in total. The van der Waals surface area contributed by atoms with Crippen LogP contribution in [0.25, 0.3) is 0 Å². The highest BCUT2D eigenvalue weighted by Gasteiger charge is 2.31. The van der Waals surface area contributed by atoms with Gasteiger partial charge in [0.1, 0.15) is 0 Å². The molecule has 1 aliphatic rings. The van der Waals surface area contributed by atoms with E-state index in [1.165, 1.54) is 18.2 Å². The van der Waals surface area contributed by atoms with Crippen LogP contribution in [0.2, 0.25) is 0 Å². The maximum Gasteiger partial charge on any atom is 0.416 e. The average molecular weight is 375 g/mol. The van der Waals surface area contributed by atoms with E-state index in [0.717, 1.165) is 28.9 Å². The van der Waals surface area contributed by atoms with Gasteiger partial charge < -0.3 is 16.0 Å². The van der Waals surface area contributed by atoms with Crippen LogP contribution in [0.15, 0.2) is 55.1 Å². The van der Waals surface area contributed by atoms with Crippen molar-refractivity contribution in [3.05, 3.63) is 71.8 Å². The van der Waals surface area contributed by atoms with E-state index in [1.807, 2.05) is 23.1 Å². The lowest BCUT2D eigenvalue weighted by Gasteiger charge is -2.37. The molecule has 142 valence electrons. The summed E-state index contributed by atoms with van der Waals surface area (Å²) in [7, 11) is 0. The van der Waals surface area contributed by atoms with Crippen molar-refractivity contribution in [3.63, 3.8) is 0 Å². The van der Waals surface area contributed by atoms with E-state index in [0.29, 0.717) is 25.2 Å². The third-order valence-electron chi connectivity index (χ3n) is 4.65. The first-order valence-electron chi connectivity index (χ1n) is 8.52. The molecule has 7 heteroatoms. The zero-order chi connectivity index (χ0) is 19.6. The van der Waals surface area contributed by atoms with Gasteiger partial charge in [-0.1, -0.05) is 18.7 Å². The van der Waals surface area contributed by atoms with E-state index >= 15 is 0 Å². The highest BCUT2D eigenvalue weighted by molar-refractivity contribution is 5.87. The van der Waals surface area contributed by atoms with Crippen LogP contribution >= 0.6 is 0 Å². The Morgan fingerprint density at radius 2 is 1.96 bits per heavy atom. The van der Waals surface area contributed by atoms with Gasteiger partial charge >= 0.3 is 6.18 Å². The molecule has 1 unspecified atom stereocenters. The van der Waals surface area contributed by atoms with Crippen molar-refractivity contribution in [1.82, 2.24) is 5.32 Å². The molecule has 0 saturated heterocycles. The summed E-state index contributed by atoms with van der Waals surface area (Å²) in [6, 6.07) is 10.5. The molecule has 3 rings (SSSR count). The minimum Gasteiger partial charge on any atom is -0.348 e. The zero-order valence-electron chi connectivity index (χ0n) is 14.6. The van der Waals surface area contributed by atoms with Gasteiger partial charge in [-0.05, 0) is 54.0 Å². The van der Waals surface area contributed by atoms with Crippen molar-refractivity contribution in [3.8, 4) is 0 Å². The van der Waals surface area contributed by atoms with E-state index in [9.17, 15) is 18.0 Å². The number of carbonyl (C=O) groups excluding carboxylic acids is 1. The monoisotopic (exact) mass is 375 g/mol. The fraction of sp³-hybridized carbons (Fsp3) is 0.250. The standard InChI is InChI=1S/C20H20F3N3O/c1-2-19(27)25-15-10-17-13(11-24)4-3-5-18(17)26(12-15)16-8-6-14(7-9-16)20(21,22)23/h2-9,15H,1,10-12,24H2,(H,25,27). The Labute approximate surface area is 155 Å². The van der Waals surface area contributed by atoms with Crippen molar-refractivity contribution in [1.29, 1.82) is 0 Å². The number of hydrogen-bond acceptors (Lipinski definition) is 3. The second-order valence-corrected chi connectivity index (χ2v) is 6.39. The van der Waals surface area contributed by atoms with E-state index < -0.39 is 11.7 Å². The third-order valence-corrected chi connectivity index (χ3v) is 4.65. The normalized spacial score (nSPS) is 16.6. The van der Waals surface area contributed by atoms with Gasteiger partial charge in [-0.15, -0.1) is 0 Å². The van der Waals surface area contributed by atoms with E-state index in [2.05, 4.69) is 11.9 Å². The molecular weight excluding hydrogens is 355 g/mol. The van der Waals surface area contributed by atoms with Gasteiger partial charge in [0, 0.05) is 24.5 Å². The number of benzene rings is 2. The largest absolute Gasteiger partial charge is 0.416 e. The summed E-state index contributed by atoms with van der Waals surface area (Å²) in [5.74, 6) is -0.291. The lowest BCUT2D eigenvalue weighted by Crippen LogP contribution is -2.46. The molecule has 2 aromatic carbocycles. The Balaban J connectivity index is 2.00. The topological polar surface area (TPSA) is 58.4 Å². The van der Waals surface area contributed by atoms with Gasteiger partial charge in [0.15, 0.2) is 0 Å². The molecule has 1 aliphatic heterocycles. The molecule has 1 amide bonds. The SMILES string of the molecule is C=CC(=O)NC1Cc2c(CN)cccc2N(c2ccc(C(F)(F)F)cc2)C1. The van der Waals surface area contributed by atoms with Crippen LogP contribution in [0.1, 0.15) is 16.7 Å². The minimum atomic E-state index is -4.38. The molecule has 0 bridgehead atoms. The average Bonchev–Trinajstić information content (AvgIpc) is 2.66. The summed E-state index contributed by atoms with van der Waals surface area (Å²) < 4.78 is 38.6. The smallest absolute Gasteiger partial charge is 0.348 e. The van der Waals surface area contributed by atoms with Crippen molar-refractivity contribution in [2.24, 2.45) is 5.73 Å². The predicted molar refractivity (Wildman–Crippen MR) is 98.6 cm³/mol. The number of nitrogens with one attached hydrogen (secondary N) is 1. The molecule has 0 radical (unpaired) electrons. The number of fused-ring (bicyclic) bond motifs is 1. The summed E-state index contributed by atoms with van der Waals surface area (Å²) in [5, 5.41) is 2.88. The predicted octanol–water partition coefficient (Wildman–Crippen LogP) is 3.53. The first kappa shape index (κ1) is 19.0. The van der Waals surface area contributed by atoms with Crippen molar-refractivity contribution in [2.75, 3.05) is 11.4 Å². The van der Waals surface area contributed by atoms with Gasteiger partial charge in [-0.2, -0.15) is 13.2 Å². The second kappa shape index (κ2) is 7.44. The number of nitrogens with two attached hydrogens (primary N) is 1. The van der Waals surface area contributed by atoms with Crippen LogP contribution in [0.3, 0.4) is 0 Å². The molecule has 2 aromatic rings. The Hall–Kier alpha value is -2.80. The minimum absolute atomic E-state index is 0.210. The number of alkyl halides is 3. The van der Waals surface area contributed by atoms with Gasteiger partial charge in [-0.3, -0.25) is 4.79 Å². The third kappa shape index (κ3) is 3.98. The van der Waals surface area contributed by atoms with Crippen molar-refractivity contribution in [2.45, 2.75) is 25.2 Å². The molecule has 1 heterocycles. The Morgan fingerprint density at radius 3 is 2.56 bits per heavy atom. The maximum atomic E-state index is 12.9. The Bertz CT molecular complexity index is 847. The van der Waals surface area contributed by atoms with Crippen molar-refractivity contribution >= 4 is 17.3 Å². The molecule has 1 atom stereocenters.